The Morgan fingerprint density at radius 1 is 1.33 bits per heavy atom. The molecule has 27 heavy (non-hydrogen) atoms. The zero-order valence-electron chi connectivity index (χ0n) is 14.3. The molecule has 0 saturated carbocycles. The Balaban J connectivity index is 2.26. The van der Waals surface area contributed by atoms with E-state index in [2.05, 4.69) is 15.3 Å². The zero-order valence-corrected chi connectivity index (χ0v) is 16.6. The summed E-state index contributed by atoms with van der Waals surface area (Å²) in [5.41, 5.74) is 13.0. The molecular formula is C17H17Cl2N5O2S. The first-order valence-corrected chi connectivity index (χ1v) is 9.65. The summed E-state index contributed by atoms with van der Waals surface area (Å²) in [6.45, 7) is 1.86. The van der Waals surface area contributed by atoms with Crippen molar-refractivity contribution in [1.29, 1.82) is 0 Å². The Kier molecular flexibility index (Phi) is 5.71. The predicted molar refractivity (Wildman–Crippen MR) is 111 cm³/mol. The fourth-order valence-electron chi connectivity index (χ4n) is 2.58. The number of amides is 1. The molecule has 6 N–H and O–H groups in total. The average Bonchev–Trinajstić information content (AvgIpc) is 2.98. The lowest BCUT2D eigenvalue weighted by molar-refractivity contribution is 0.100. The van der Waals surface area contributed by atoms with Crippen LogP contribution in [-0.4, -0.2) is 33.6 Å². The van der Waals surface area contributed by atoms with Crippen molar-refractivity contribution in [1.82, 2.24) is 9.97 Å². The molecule has 1 amide bonds. The molecular weight excluding hydrogens is 409 g/mol. The highest BCUT2D eigenvalue weighted by molar-refractivity contribution is 7.21. The molecule has 7 nitrogen and oxygen atoms in total. The van der Waals surface area contributed by atoms with Crippen molar-refractivity contribution >= 4 is 62.3 Å². The highest BCUT2D eigenvalue weighted by Crippen LogP contribution is 2.40. The first kappa shape index (κ1) is 19.6. The van der Waals surface area contributed by atoms with E-state index in [1.54, 1.807) is 18.2 Å². The molecule has 0 spiro atoms. The number of thiophene rings is 1. The number of carbonyl (C=O) groups excluding carboxylic acids is 1. The van der Waals surface area contributed by atoms with Crippen molar-refractivity contribution in [2.45, 2.75) is 19.4 Å². The van der Waals surface area contributed by atoms with Crippen molar-refractivity contribution in [2.75, 3.05) is 17.7 Å². The molecule has 0 unspecified atom stereocenters. The van der Waals surface area contributed by atoms with Gasteiger partial charge in [-0.2, -0.15) is 0 Å². The molecule has 0 radical (unpaired) electrons. The van der Waals surface area contributed by atoms with E-state index < -0.39 is 5.91 Å². The summed E-state index contributed by atoms with van der Waals surface area (Å²) in [5.74, 6) is -0.325. The second-order valence-electron chi connectivity index (χ2n) is 5.85. The van der Waals surface area contributed by atoms with Gasteiger partial charge >= 0.3 is 0 Å². The Hall–Kier alpha value is -2.13. The second kappa shape index (κ2) is 7.85. The molecule has 0 aliphatic carbocycles. The van der Waals surface area contributed by atoms with Crippen LogP contribution in [0.4, 0.5) is 11.6 Å². The van der Waals surface area contributed by atoms with Gasteiger partial charge in [0.05, 0.1) is 39.5 Å². The quantitative estimate of drug-likeness (QED) is 0.478. The SMILES string of the molecule is CC[C@@H](CO)Nc1nc(-c2ccc(Cl)c(Cl)c2)c2c(N)c(C(N)=O)sc2n1. The van der Waals surface area contributed by atoms with Crippen LogP contribution in [0.3, 0.4) is 0 Å². The van der Waals surface area contributed by atoms with Gasteiger partial charge in [-0.15, -0.1) is 11.3 Å². The van der Waals surface area contributed by atoms with E-state index >= 15 is 0 Å². The number of nitrogen functional groups attached to an aromatic ring is 1. The van der Waals surface area contributed by atoms with E-state index in [9.17, 15) is 9.90 Å². The van der Waals surface area contributed by atoms with Crippen molar-refractivity contribution in [2.24, 2.45) is 5.73 Å². The molecule has 1 atom stereocenters. The van der Waals surface area contributed by atoms with Crippen LogP contribution in [0.2, 0.25) is 10.0 Å². The number of nitrogens with one attached hydrogen (secondary N) is 1. The number of hydrogen-bond acceptors (Lipinski definition) is 7. The minimum Gasteiger partial charge on any atom is -0.397 e. The number of anilines is 2. The van der Waals surface area contributed by atoms with Crippen LogP contribution in [0.5, 0.6) is 0 Å². The Morgan fingerprint density at radius 2 is 2.07 bits per heavy atom. The molecule has 2 aromatic heterocycles. The van der Waals surface area contributed by atoms with Gasteiger partial charge in [0.15, 0.2) is 0 Å². The Morgan fingerprint density at radius 3 is 2.67 bits per heavy atom. The molecule has 3 aromatic rings. The molecule has 0 bridgehead atoms. The summed E-state index contributed by atoms with van der Waals surface area (Å²) in [4.78, 5) is 21.4. The summed E-state index contributed by atoms with van der Waals surface area (Å²) in [7, 11) is 0. The third-order valence-electron chi connectivity index (χ3n) is 4.05. The van der Waals surface area contributed by atoms with Crippen molar-refractivity contribution in [3.63, 3.8) is 0 Å². The van der Waals surface area contributed by atoms with Crippen LogP contribution in [-0.2, 0) is 0 Å². The number of fused-ring (bicyclic) bond motifs is 1. The maximum Gasteiger partial charge on any atom is 0.260 e. The van der Waals surface area contributed by atoms with Gasteiger partial charge in [0.2, 0.25) is 5.95 Å². The number of aromatic nitrogens is 2. The number of benzene rings is 1. The minimum atomic E-state index is -0.633. The highest BCUT2D eigenvalue weighted by atomic mass is 35.5. The van der Waals surface area contributed by atoms with Crippen LogP contribution in [0.25, 0.3) is 21.5 Å². The fraction of sp³-hybridized carbons (Fsp3) is 0.235. The molecule has 0 saturated heterocycles. The average molecular weight is 426 g/mol. The van der Waals surface area contributed by atoms with Crippen LogP contribution >= 0.6 is 34.5 Å². The van der Waals surface area contributed by atoms with Crippen molar-refractivity contribution in [3.8, 4) is 11.3 Å². The fourth-order valence-corrected chi connectivity index (χ4v) is 3.83. The molecule has 10 heteroatoms. The third kappa shape index (κ3) is 3.79. The van der Waals surface area contributed by atoms with Gasteiger partial charge in [0.1, 0.15) is 9.71 Å². The number of nitrogens with zero attached hydrogens (tertiary/aromatic N) is 2. The van der Waals surface area contributed by atoms with Crippen LogP contribution in [0.15, 0.2) is 18.2 Å². The number of halogens is 2. The topological polar surface area (TPSA) is 127 Å². The smallest absolute Gasteiger partial charge is 0.260 e. The molecule has 0 fully saturated rings. The lowest BCUT2D eigenvalue weighted by Crippen LogP contribution is -2.24. The van der Waals surface area contributed by atoms with E-state index in [4.69, 9.17) is 34.7 Å². The molecule has 0 aliphatic rings. The lowest BCUT2D eigenvalue weighted by atomic mass is 10.1. The lowest BCUT2D eigenvalue weighted by Gasteiger charge is -2.15. The van der Waals surface area contributed by atoms with Gasteiger partial charge in [-0.3, -0.25) is 4.79 Å². The summed E-state index contributed by atoms with van der Waals surface area (Å²) in [6.07, 6.45) is 0.680. The van der Waals surface area contributed by atoms with Crippen molar-refractivity contribution in [3.05, 3.63) is 33.1 Å². The third-order valence-corrected chi connectivity index (χ3v) is 5.90. The van der Waals surface area contributed by atoms with E-state index in [-0.39, 0.29) is 23.2 Å². The predicted octanol–water partition coefficient (Wildman–Crippen LogP) is 3.53. The van der Waals surface area contributed by atoms with Gasteiger partial charge in [-0.05, 0) is 18.6 Å². The largest absolute Gasteiger partial charge is 0.397 e. The van der Waals surface area contributed by atoms with E-state index in [0.29, 0.717) is 43.9 Å². The van der Waals surface area contributed by atoms with E-state index in [1.807, 2.05) is 6.92 Å². The first-order valence-electron chi connectivity index (χ1n) is 8.08. The van der Waals surface area contributed by atoms with Gasteiger partial charge in [0.25, 0.3) is 5.91 Å². The monoisotopic (exact) mass is 425 g/mol. The number of aliphatic hydroxyl groups is 1. The van der Waals surface area contributed by atoms with Gasteiger partial charge in [0, 0.05) is 5.56 Å². The summed E-state index contributed by atoms with van der Waals surface area (Å²) >= 11 is 13.3. The van der Waals surface area contributed by atoms with E-state index in [1.165, 1.54) is 0 Å². The number of rotatable bonds is 6. The molecule has 0 aliphatic heterocycles. The number of carbonyl (C=O) groups is 1. The maximum atomic E-state index is 11.7. The van der Waals surface area contributed by atoms with Crippen LogP contribution in [0, 0.1) is 0 Å². The molecule has 1 aromatic carbocycles. The number of aliphatic hydroxyl groups excluding tert-OH is 1. The maximum absolute atomic E-state index is 11.7. The molecule has 2 heterocycles. The van der Waals surface area contributed by atoms with Crippen molar-refractivity contribution < 1.29 is 9.90 Å². The second-order valence-corrected chi connectivity index (χ2v) is 7.66. The Bertz CT molecular complexity index is 1020. The van der Waals surface area contributed by atoms with Gasteiger partial charge in [-0.1, -0.05) is 36.2 Å². The normalized spacial score (nSPS) is 12.3. The standard InChI is InChI=1S/C17H17Cl2N5O2S/c1-2-8(6-25)22-17-23-13(7-3-4-9(18)10(19)5-7)11-12(20)14(15(21)26)27-16(11)24-17/h3-5,8,25H,2,6,20H2,1H3,(H2,21,26)(H,22,23,24)/t8-/m0/s1. The zero-order chi connectivity index (χ0) is 19.7. The summed E-state index contributed by atoms with van der Waals surface area (Å²) in [6, 6.07) is 4.86. The van der Waals surface area contributed by atoms with E-state index in [0.717, 1.165) is 11.3 Å². The van der Waals surface area contributed by atoms with Gasteiger partial charge in [-0.25, -0.2) is 9.97 Å². The first-order chi connectivity index (χ1) is 12.8. The number of primary amides is 1. The van der Waals surface area contributed by atoms with Crippen LogP contribution < -0.4 is 16.8 Å². The minimum absolute atomic E-state index is 0.0703. The number of hydrogen-bond donors (Lipinski definition) is 4. The van der Waals surface area contributed by atoms with Gasteiger partial charge < -0.3 is 21.9 Å². The number of nitrogens with two attached hydrogens (primary N) is 2. The Labute approximate surface area is 169 Å². The highest BCUT2D eigenvalue weighted by Gasteiger charge is 2.22. The molecule has 142 valence electrons. The van der Waals surface area contributed by atoms with Crippen LogP contribution in [0.1, 0.15) is 23.0 Å². The molecule has 3 rings (SSSR count). The summed E-state index contributed by atoms with van der Waals surface area (Å²) < 4.78 is 0. The summed E-state index contributed by atoms with van der Waals surface area (Å²) in [5, 5.41) is 13.8.